The van der Waals surface area contributed by atoms with Gasteiger partial charge in [-0.05, 0) is 32.3 Å². The molecule has 1 aliphatic rings. The molecule has 0 spiro atoms. The van der Waals surface area contributed by atoms with Crippen LogP contribution >= 0.6 is 11.3 Å². The van der Waals surface area contributed by atoms with Crippen LogP contribution in [0, 0.1) is 6.92 Å². The molecule has 2 aromatic heterocycles. The van der Waals surface area contributed by atoms with Gasteiger partial charge in [0.2, 0.25) is 5.91 Å². The number of nitrogens with one attached hydrogen (secondary N) is 1. The van der Waals surface area contributed by atoms with Gasteiger partial charge >= 0.3 is 6.03 Å². The summed E-state index contributed by atoms with van der Waals surface area (Å²) >= 11 is 1.36. The van der Waals surface area contributed by atoms with Crippen LogP contribution in [0.2, 0.25) is 0 Å². The molecule has 0 saturated carbocycles. The number of rotatable bonds is 5. The number of nitrogens with zero attached hydrogens (tertiary/aromatic N) is 4. The van der Waals surface area contributed by atoms with Crippen molar-refractivity contribution in [3.63, 3.8) is 0 Å². The van der Waals surface area contributed by atoms with Gasteiger partial charge in [0.15, 0.2) is 5.13 Å². The molecule has 3 rings (SSSR count). The Labute approximate surface area is 168 Å². The van der Waals surface area contributed by atoms with Crippen LogP contribution in [0.25, 0.3) is 10.6 Å². The molecule has 1 atom stereocenters. The van der Waals surface area contributed by atoms with E-state index in [-0.39, 0.29) is 11.4 Å². The number of aromatic nitrogens is 3. The summed E-state index contributed by atoms with van der Waals surface area (Å²) in [6.45, 7) is 8.73. The van der Waals surface area contributed by atoms with Crippen LogP contribution in [0.4, 0.5) is 9.93 Å². The van der Waals surface area contributed by atoms with Gasteiger partial charge in [0.05, 0.1) is 16.3 Å². The second-order valence-corrected chi connectivity index (χ2v) is 8.62. The van der Waals surface area contributed by atoms with Gasteiger partial charge in [-0.15, -0.1) is 0 Å². The number of thiazole rings is 1. The molecule has 3 N–H and O–H groups in total. The van der Waals surface area contributed by atoms with Gasteiger partial charge in [-0.1, -0.05) is 32.1 Å². The zero-order valence-electron chi connectivity index (χ0n) is 16.7. The zero-order chi connectivity index (χ0) is 20.5. The molecule has 1 aliphatic heterocycles. The fourth-order valence-corrected chi connectivity index (χ4v) is 4.05. The summed E-state index contributed by atoms with van der Waals surface area (Å²) in [5.41, 5.74) is 6.85. The van der Waals surface area contributed by atoms with Crippen molar-refractivity contribution in [3.05, 3.63) is 23.8 Å². The Morgan fingerprint density at radius 1 is 1.39 bits per heavy atom. The lowest BCUT2D eigenvalue weighted by molar-refractivity contribution is -0.121. The lowest BCUT2D eigenvalue weighted by Gasteiger charge is -2.21. The number of carbonyl (C=O) groups is 2. The molecule has 0 bridgehead atoms. The molecule has 0 aromatic carbocycles. The van der Waals surface area contributed by atoms with E-state index < -0.39 is 11.9 Å². The standard InChI is InChI=1S/C19H26N6O2S/c1-5-19(3,4)16-21-9-8-12(23-16)14-11(2)22-17(28-14)24-18(27)25-10-6-7-13(25)15(20)26/h8-9,13H,5-7,10H2,1-4H3,(H2,20,26)(H,22,24,27)/t13-/m0/s1. The largest absolute Gasteiger partial charge is 0.368 e. The first-order valence-electron chi connectivity index (χ1n) is 9.41. The molecule has 28 heavy (non-hydrogen) atoms. The monoisotopic (exact) mass is 402 g/mol. The summed E-state index contributed by atoms with van der Waals surface area (Å²) in [5, 5.41) is 3.27. The molecular formula is C19H26N6O2S. The quantitative estimate of drug-likeness (QED) is 0.798. The summed E-state index contributed by atoms with van der Waals surface area (Å²) in [7, 11) is 0. The molecule has 3 amide bonds. The van der Waals surface area contributed by atoms with Crippen molar-refractivity contribution >= 4 is 28.4 Å². The molecule has 8 nitrogen and oxygen atoms in total. The molecule has 0 unspecified atom stereocenters. The van der Waals surface area contributed by atoms with E-state index in [1.165, 1.54) is 16.2 Å². The fourth-order valence-electron chi connectivity index (χ4n) is 3.13. The Bertz CT molecular complexity index is 894. The topological polar surface area (TPSA) is 114 Å². The van der Waals surface area contributed by atoms with Crippen LogP contribution < -0.4 is 11.1 Å². The second kappa shape index (κ2) is 7.83. The Morgan fingerprint density at radius 2 is 2.14 bits per heavy atom. The van der Waals surface area contributed by atoms with Crippen molar-refractivity contribution in [2.45, 2.75) is 58.4 Å². The normalized spacial score (nSPS) is 17.0. The lowest BCUT2D eigenvalue weighted by atomic mass is 9.89. The van der Waals surface area contributed by atoms with Gasteiger partial charge in [0, 0.05) is 18.2 Å². The van der Waals surface area contributed by atoms with Crippen molar-refractivity contribution in [3.8, 4) is 10.6 Å². The number of urea groups is 1. The predicted octanol–water partition coefficient (Wildman–Crippen LogP) is 3.08. The highest BCUT2D eigenvalue weighted by Gasteiger charge is 2.33. The number of primary amides is 1. The van der Waals surface area contributed by atoms with Gasteiger partial charge in [-0.25, -0.2) is 19.7 Å². The van der Waals surface area contributed by atoms with Gasteiger partial charge in [-0.2, -0.15) is 0 Å². The van der Waals surface area contributed by atoms with Gasteiger partial charge < -0.3 is 10.6 Å². The predicted molar refractivity (Wildman–Crippen MR) is 109 cm³/mol. The lowest BCUT2D eigenvalue weighted by Crippen LogP contribution is -2.45. The third kappa shape index (κ3) is 3.99. The first-order chi connectivity index (χ1) is 13.2. The smallest absolute Gasteiger partial charge is 0.324 e. The number of aryl methyl sites for hydroxylation is 1. The van der Waals surface area contributed by atoms with Gasteiger partial charge in [0.25, 0.3) is 0 Å². The number of hydrogen-bond acceptors (Lipinski definition) is 6. The SMILES string of the molecule is CCC(C)(C)c1nccc(-c2sc(NC(=O)N3CCC[C@H]3C(N)=O)nc2C)n1. The number of anilines is 1. The number of likely N-dealkylation sites (tertiary alicyclic amines) is 1. The van der Waals surface area contributed by atoms with E-state index in [1.54, 1.807) is 6.20 Å². The minimum Gasteiger partial charge on any atom is -0.368 e. The Balaban J connectivity index is 1.81. The van der Waals surface area contributed by atoms with Crippen LogP contribution in [0.1, 0.15) is 51.6 Å². The van der Waals surface area contributed by atoms with E-state index in [2.05, 4.69) is 36.1 Å². The van der Waals surface area contributed by atoms with Crippen LogP contribution in [0.3, 0.4) is 0 Å². The molecular weight excluding hydrogens is 376 g/mol. The Hall–Kier alpha value is -2.55. The first kappa shape index (κ1) is 20.2. The molecule has 1 saturated heterocycles. The molecule has 9 heteroatoms. The molecule has 0 aliphatic carbocycles. The molecule has 0 radical (unpaired) electrons. The highest BCUT2D eigenvalue weighted by Crippen LogP contribution is 2.33. The van der Waals surface area contributed by atoms with Gasteiger partial charge in [-0.3, -0.25) is 10.1 Å². The van der Waals surface area contributed by atoms with E-state index in [1.807, 2.05) is 13.0 Å². The highest BCUT2D eigenvalue weighted by molar-refractivity contribution is 7.19. The number of amides is 3. The van der Waals surface area contributed by atoms with Crippen molar-refractivity contribution in [2.75, 3.05) is 11.9 Å². The molecule has 2 aromatic rings. The van der Waals surface area contributed by atoms with Gasteiger partial charge in [0.1, 0.15) is 11.9 Å². The van der Waals surface area contributed by atoms with E-state index >= 15 is 0 Å². The van der Waals surface area contributed by atoms with E-state index in [0.29, 0.717) is 18.1 Å². The third-order valence-electron chi connectivity index (χ3n) is 5.23. The zero-order valence-corrected chi connectivity index (χ0v) is 17.5. The van der Waals surface area contributed by atoms with Crippen LogP contribution in [0.15, 0.2) is 12.3 Å². The molecule has 150 valence electrons. The summed E-state index contributed by atoms with van der Waals surface area (Å²) in [6.07, 6.45) is 4.05. The van der Waals surface area contributed by atoms with Crippen LogP contribution in [-0.4, -0.2) is 44.4 Å². The highest BCUT2D eigenvalue weighted by atomic mass is 32.1. The first-order valence-corrected chi connectivity index (χ1v) is 10.2. The van der Waals surface area contributed by atoms with Crippen molar-refractivity contribution in [1.82, 2.24) is 19.9 Å². The molecule has 1 fully saturated rings. The average molecular weight is 403 g/mol. The summed E-state index contributed by atoms with van der Waals surface area (Å²) < 4.78 is 0. The minimum atomic E-state index is -0.554. The van der Waals surface area contributed by atoms with Crippen LogP contribution in [0.5, 0.6) is 0 Å². The number of hydrogen-bond donors (Lipinski definition) is 2. The molecule has 3 heterocycles. The number of nitrogens with two attached hydrogens (primary N) is 1. The summed E-state index contributed by atoms with van der Waals surface area (Å²) in [5.74, 6) is 0.308. The maximum Gasteiger partial charge on any atom is 0.324 e. The van der Waals surface area contributed by atoms with Crippen molar-refractivity contribution in [1.29, 1.82) is 0 Å². The number of carbonyl (C=O) groups excluding carboxylic acids is 2. The maximum atomic E-state index is 12.6. The summed E-state index contributed by atoms with van der Waals surface area (Å²) in [6, 6.07) is 0.948. The Kier molecular flexibility index (Phi) is 5.64. The second-order valence-electron chi connectivity index (χ2n) is 7.62. The van der Waals surface area contributed by atoms with Crippen molar-refractivity contribution < 1.29 is 9.59 Å². The Morgan fingerprint density at radius 3 is 2.82 bits per heavy atom. The van der Waals surface area contributed by atoms with Crippen molar-refractivity contribution in [2.24, 2.45) is 5.73 Å². The van der Waals surface area contributed by atoms with E-state index in [9.17, 15) is 9.59 Å². The van der Waals surface area contributed by atoms with E-state index in [4.69, 9.17) is 10.7 Å². The fraction of sp³-hybridized carbons (Fsp3) is 0.526. The average Bonchev–Trinajstić information content (AvgIpc) is 3.28. The summed E-state index contributed by atoms with van der Waals surface area (Å²) in [4.78, 5) is 40.1. The van der Waals surface area contributed by atoms with E-state index in [0.717, 1.165) is 34.9 Å². The minimum absolute atomic E-state index is 0.120. The third-order valence-corrected chi connectivity index (χ3v) is 6.33. The maximum absolute atomic E-state index is 12.6. The van der Waals surface area contributed by atoms with Crippen LogP contribution in [-0.2, 0) is 10.2 Å².